The highest BCUT2D eigenvalue weighted by atomic mass is 32.2. The van der Waals surface area contributed by atoms with E-state index in [0.717, 1.165) is 6.07 Å². The van der Waals surface area contributed by atoms with E-state index in [4.69, 9.17) is 9.52 Å². The number of hydrogen-bond donors (Lipinski definition) is 3. The summed E-state index contributed by atoms with van der Waals surface area (Å²) in [5.41, 5.74) is 0.442. The maximum atomic E-state index is 12.2. The quantitative estimate of drug-likeness (QED) is 0.737. The maximum absolute atomic E-state index is 12.2. The van der Waals surface area contributed by atoms with Gasteiger partial charge in [0.2, 0.25) is 10.0 Å². The van der Waals surface area contributed by atoms with Crippen LogP contribution in [0.3, 0.4) is 0 Å². The van der Waals surface area contributed by atoms with E-state index in [9.17, 15) is 18.0 Å². The molecule has 0 bridgehead atoms. The third-order valence-electron chi connectivity index (χ3n) is 2.92. The zero-order valence-electron chi connectivity index (χ0n) is 11.3. The highest BCUT2D eigenvalue weighted by molar-refractivity contribution is 7.89. The summed E-state index contributed by atoms with van der Waals surface area (Å²) in [6.07, 6.45) is 0. The van der Waals surface area contributed by atoms with Gasteiger partial charge < -0.3 is 9.52 Å². The normalized spacial score (nSPS) is 13.7. The summed E-state index contributed by atoms with van der Waals surface area (Å²) < 4.78 is 31.3. The molecule has 0 radical (unpaired) electrons. The molecule has 1 aromatic carbocycles. The molecular formula is C12H14N2O6S. The molecule has 9 heteroatoms. The third-order valence-corrected chi connectivity index (χ3v) is 4.36. The van der Waals surface area contributed by atoms with Crippen molar-refractivity contribution in [3.8, 4) is 0 Å². The van der Waals surface area contributed by atoms with Crippen molar-refractivity contribution >= 4 is 27.1 Å². The molecule has 0 saturated carbocycles. The highest BCUT2D eigenvalue weighted by Crippen LogP contribution is 2.17. The number of aromatic amines is 1. The van der Waals surface area contributed by atoms with E-state index in [1.807, 2.05) is 0 Å². The number of nitrogens with one attached hydrogen (secondary N) is 2. The van der Waals surface area contributed by atoms with Crippen LogP contribution >= 0.6 is 0 Å². The van der Waals surface area contributed by atoms with E-state index < -0.39 is 33.7 Å². The van der Waals surface area contributed by atoms with Gasteiger partial charge in [0.05, 0.1) is 10.4 Å². The summed E-state index contributed by atoms with van der Waals surface area (Å²) in [5.74, 6) is -2.38. The number of benzene rings is 1. The first-order chi connectivity index (χ1) is 9.70. The Morgan fingerprint density at radius 2 is 2.05 bits per heavy atom. The van der Waals surface area contributed by atoms with E-state index in [1.54, 1.807) is 13.8 Å². The van der Waals surface area contributed by atoms with Gasteiger partial charge in [0, 0.05) is 6.07 Å². The van der Waals surface area contributed by atoms with Gasteiger partial charge in [0.25, 0.3) is 0 Å². The summed E-state index contributed by atoms with van der Waals surface area (Å²) in [5, 5.41) is 9.04. The Morgan fingerprint density at radius 1 is 1.38 bits per heavy atom. The van der Waals surface area contributed by atoms with Gasteiger partial charge in [0.15, 0.2) is 5.58 Å². The van der Waals surface area contributed by atoms with Gasteiger partial charge in [-0.25, -0.2) is 13.2 Å². The van der Waals surface area contributed by atoms with Crippen LogP contribution in [0.2, 0.25) is 0 Å². The number of carboxylic acids is 1. The number of oxazole rings is 1. The van der Waals surface area contributed by atoms with Crippen molar-refractivity contribution in [1.82, 2.24) is 9.71 Å². The molecule has 8 nitrogen and oxygen atoms in total. The number of aromatic nitrogens is 1. The van der Waals surface area contributed by atoms with Gasteiger partial charge >= 0.3 is 11.7 Å². The summed E-state index contributed by atoms with van der Waals surface area (Å²) in [7, 11) is -4.04. The number of hydrogen-bond acceptors (Lipinski definition) is 5. The maximum Gasteiger partial charge on any atom is 0.417 e. The lowest BCUT2D eigenvalue weighted by atomic mass is 10.1. The van der Waals surface area contributed by atoms with Crippen molar-refractivity contribution in [3.63, 3.8) is 0 Å². The second-order valence-corrected chi connectivity index (χ2v) is 6.57. The molecular weight excluding hydrogens is 300 g/mol. The van der Waals surface area contributed by atoms with E-state index in [2.05, 4.69) is 9.71 Å². The summed E-state index contributed by atoms with van der Waals surface area (Å²) in [6, 6.07) is 2.55. The standard InChI is InChI=1S/C12H14N2O6S/c1-6(2)10(11(15)16)14-21(18,19)7-3-4-8-9(5-7)20-12(17)13-8/h3-6,10,14H,1-2H3,(H,13,17)(H,15,16). The van der Waals surface area contributed by atoms with Crippen molar-refractivity contribution in [2.24, 2.45) is 5.92 Å². The molecule has 0 aliphatic rings. The Bertz CT molecular complexity index is 833. The molecule has 0 spiro atoms. The van der Waals surface area contributed by atoms with Gasteiger partial charge in [-0.1, -0.05) is 13.8 Å². The Labute approximate surface area is 119 Å². The molecule has 0 aliphatic heterocycles. The van der Waals surface area contributed by atoms with E-state index in [1.165, 1.54) is 12.1 Å². The van der Waals surface area contributed by atoms with Gasteiger partial charge in [-0.2, -0.15) is 4.72 Å². The van der Waals surface area contributed by atoms with Crippen LogP contribution in [0.4, 0.5) is 0 Å². The number of fused-ring (bicyclic) bond motifs is 1. The molecule has 1 unspecified atom stereocenters. The molecule has 114 valence electrons. The van der Waals surface area contributed by atoms with Crippen molar-refractivity contribution < 1.29 is 22.7 Å². The van der Waals surface area contributed by atoms with Crippen molar-refractivity contribution in [3.05, 3.63) is 28.7 Å². The summed E-state index contributed by atoms with van der Waals surface area (Å²) in [4.78, 5) is 24.3. The third kappa shape index (κ3) is 3.14. The topological polar surface area (TPSA) is 129 Å². The van der Waals surface area contributed by atoms with Crippen LogP contribution in [-0.4, -0.2) is 30.5 Å². The number of H-pyrrole nitrogens is 1. The van der Waals surface area contributed by atoms with Crippen LogP contribution in [0.5, 0.6) is 0 Å². The second kappa shape index (κ2) is 5.34. The number of aliphatic carboxylic acids is 1. The molecule has 0 fully saturated rings. The largest absolute Gasteiger partial charge is 0.480 e. The number of rotatable bonds is 5. The molecule has 1 atom stereocenters. The smallest absolute Gasteiger partial charge is 0.417 e. The minimum Gasteiger partial charge on any atom is -0.480 e. The molecule has 0 aliphatic carbocycles. The van der Waals surface area contributed by atoms with Gasteiger partial charge in [-0.3, -0.25) is 9.78 Å². The van der Waals surface area contributed by atoms with Crippen LogP contribution in [-0.2, 0) is 14.8 Å². The molecule has 3 N–H and O–H groups in total. The predicted octanol–water partition coefficient (Wildman–Crippen LogP) is 0.509. The summed E-state index contributed by atoms with van der Waals surface area (Å²) in [6.45, 7) is 3.19. The molecule has 1 aromatic heterocycles. The first kappa shape index (κ1) is 15.3. The van der Waals surface area contributed by atoms with Crippen LogP contribution in [0.1, 0.15) is 13.8 Å². The van der Waals surface area contributed by atoms with Gasteiger partial charge in [0.1, 0.15) is 6.04 Å². The minimum absolute atomic E-state index is 0.0827. The van der Waals surface area contributed by atoms with E-state index >= 15 is 0 Å². The zero-order chi connectivity index (χ0) is 15.8. The monoisotopic (exact) mass is 314 g/mol. The number of sulfonamides is 1. The number of carbonyl (C=O) groups is 1. The first-order valence-corrected chi connectivity index (χ1v) is 7.57. The zero-order valence-corrected chi connectivity index (χ0v) is 12.1. The fourth-order valence-corrected chi connectivity index (χ4v) is 3.15. The molecule has 2 aromatic rings. The van der Waals surface area contributed by atoms with E-state index in [0.29, 0.717) is 5.52 Å². The first-order valence-electron chi connectivity index (χ1n) is 6.09. The fraction of sp³-hybridized carbons (Fsp3) is 0.333. The second-order valence-electron chi connectivity index (χ2n) is 4.85. The van der Waals surface area contributed by atoms with Gasteiger partial charge in [-0.15, -0.1) is 0 Å². The van der Waals surface area contributed by atoms with Crippen LogP contribution in [0.25, 0.3) is 11.1 Å². The molecule has 0 saturated heterocycles. The van der Waals surface area contributed by atoms with Crippen LogP contribution < -0.4 is 10.5 Å². The molecule has 21 heavy (non-hydrogen) atoms. The predicted molar refractivity (Wildman–Crippen MR) is 73.4 cm³/mol. The molecule has 2 rings (SSSR count). The van der Waals surface area contributed by atoms with Crippen molar-refractivity contribution in [1.29, 1.82) is 0 Å². The minimum atomic E-state index is -4.04. The fourth-order valence-electron chi connectivity index (χ4n) is 1.80. The lowest BCUT2D eigenvalue weighted by Gasteiger charge is -2.17. The Balaban J connectivity index is 2.41. The average Bonchev–Trinajstić information content (AvgIpc) is 2.74. The van der Waals surface area contributed by atoms with E-state index in [-0.39, 0.29) is 10.5 Å². The lowest BCUT2D eigenvalue weighted by Crippen LogP contribution is -2.44. The van der Waals surface area contributed by atoms with Crippen molar-refractivity contribution in [2.75, 3.05) is 0 Å². The average molecular weight is 314 g/mol. The van der Waals surface area contributed by atoms with Crippen LogP contribution in [0.15, 0.2) is 32.3 Å². The number of carboxylic acid groups (broad SMARTS) is 1. The van der Waals surface area contributed by atoms with Crippen molar-refractivity contribution in [2.45, 2.75) is 24.8 Å². The van der Waals surface area contributed by atoms with Crippen LogP contribution in [0, 0.1) is 5.92 Å². The SMILES string of the molecule is CC(C)C(NS(=O)(=O)c1ccc2[nH]c(=O)oc2c1)C(=O)O. The Kier molecular flexibility index (Phi) is 3.88. The lowest BCUT2D eigenvalue weighted by molar-refractivity contribution is -0.140. The Morgan fingerprint density at radius 3 is 2.62 bits per heavy atom. The molecule has 1 heterocycles. The highest BCUT2D eigenvalue weighted by Gasteiger charge is 2.28. The molecule has 0 amide bonds. The van der Waals surface area contributed by atoms with Gasteiger partial charge in [-0.05, 0) is 18.1 Å². The summed E-state index contributed by atoms with van der Waals surface area (Å²) >= 11 is 0. The Hall–Kier alpha value is -2.13.